The number of rotatable bonds is 5. The van der Waals surface area contributed by atoms with E-state index < -0.39 is 0 Å². The molecule has 3 heteroatoms. The molecule has 0 saturated heterocycles. The average molecular weight is 255 g/mol. The van der Waals surface area contributed by atoms with Crippen LogP contribution in [0.1, 0.15) is 32.6 Å². The Morgan fingerprint density at radius 1 is 1.32 bits per heavy atom. The lowest BCUT2D eigenvalue weighted by Crippen LogP contribution is -2.27. The van der Waals surface area contributed by atoms with Crippen LogP contribution in [0.5, 0.6) is 0 Å². The molecule has 19 heavy (non-hydrogen) atoms. The van der Waals surface area contributed by atoms with Crippen molar-refractivity contribution < 1.29 is 0 Å². The predicted molar refractivity (Wildman–Crippen MR) is 81.4 cm³/mol. The Kier molecular flexibility index (Phi) is 3.28. The first-order valence-corrected chi connectivity index (χ1v) is 7.21. The van der Waals surface area contributed by atoms with Crippen LogP contribution in [0.4, 0.5) is 11.4 Å². The summed E-state index contributed by atoms with van der Waals surface area (Å²) in [5, 5.41) is 1.07. The van der Waals surface area contributed by atoms with Crippen LogP contribution in [0.25, 0.3) is 10.9 Å². The highest BCUT2D eigenvalue weighted by molar-refractivity contribution is 5.98. The highest BCUT2D eigenvalue weighted by Crippen LogP contribution is 2.36. The summed E-state index contributed by atoms with van der Waals surface area (Å²) in [6, 6.07) is 8.88. The van der Waals surface area contributed by atoms with Crippen LogP contribution in [-0.2, 0) is 0 Å². The van der Waals surface area contributed by atoms with Gasteiger partial charge < -0.3 is 10.6 Å². The van der Waals surface area contributed by atoms with E-state index in [1.54, 1.807) is 0 Å². The number of aromatic nitrogens is 1. The Bertz CT molecular complexity index is 575. The lowest BCUT2D eigenvalue weighted by atomic mass is 10.1. The fraction of sp³-hybridized carbons (Fsp3) is 0.438. The second-order valence-corrected chi connectivity index (χ2v) is 5.35. The van der Waals surface area contributed by atoms with Gasteiger partial charge in [0.25, 0.3) is 0 Å². The molecule has 1 fully saturated rings. The zero-order valence-corrected chi connectivity index (χ0v) is 11.5. The smallest absolute Gasteiger partial charge is 0.0956 e. The second kappa shape index (κ2) is 5.08. The molecule has 1 aliphatic rings. The SMILES string of the molecule is CCCCN(c1ccc(N)c2cccnc12)C1CC1. The number of pyridine rings is 1. The number of anilines is 2. The molecule has 3 nitrogen and oxygen atoms in total. The first-order valence-electron chi connectivity index (χ1n) is 7.21. The number of nitrogen functional groups attached to an aromatic ring is 1. The van der Waals surface area contributed by atoms with Crippen molar-refractivity contribution in [1.29, 1.82) is 0 Å². The lowest BCUT2D eigenvalue weighted by Gasteiger charge is -2.25. The van der Waals surface area contributed by atoms with E-state index in [1.807, 2.05) is 18.3 Å². The molecule has 0 spiro atoms. The van der Waals surface area contributed by atoms with Gasteiger partial charge in [-0.25, -0.2) is 0 Å². The minimum atomic E-state index is 0.709. The van der Waals surface area contributed by atoms with Crippen LogP contribution in [0.15, 0.2) is 30.5 Å². The fourth-order valence-corrected chi connectivity index (χ4v) is 2.63. The second-order valence-electron chi connectivity index (χ2n) is 5.35. The van der Waals surface area contributed by atoms with E-state index in [4.69, 9.17) is 5.73 Å². The zero-order valence-electron chi connectivity index (χ0n) is 11.5. The summed E-state index contributed by atoms with van der Waals surface area (Å²) >= 11 is 0. The van der Waals surface area contributed by atoms with E-state index in [0.29, 0.717) is 6.04 Å². The topological polar surface area (TPSA) is 42.1 Å². The van der Waals surface area contributed by atoms with Gasteiger partial charge in [-0.15, -0.1) is 0 Å². The molecule has 0 aliphatic heterocycles. The first kappa shape index (κ1) is 12.3. The molecule has 1 aromatic heterocycles. The normalized spacial score (nSPS) is 14.8. The van der Waals surface area contributed by atoms with Crippen molar-refractivity contribution in [3.05, 3.63) is 30.5 Å². The first-order chi connectivity index (χ1) is 9.31. The molecule has 3 rings (SSSR count). The summed E-state index contributed by atoms with van der Waals surface area (Å²) in [7, 11) is 0. The zero-order chi connectivity index (χ0) is 13.2. The van der Waals surface area contributed by atoms with Crippen LogP contribution in [0.3, 0.4) is 0 Å². The standard InChI is InChI=1S/C16H21N3/c1-2-3-11-19(12-6-7-12)15-9-8-14(17)13-5-4-10-18-16(13)15/h4-5,8-10,12H,2-3,6-7,11,17H2,1H3. The highest BCUT2D eigenvalue weighted by Gasteiger charge is 2.30. The van der Waals surface area contributed by atoms with Gasteiger partial charge in [0.2, 0.25) is 0 Å². The third-order valence-electron chi connectivity index (χ3n) is 3.83. The van der Waals surface area contributed by atoms with Gasteiger partial charge in [-0.1, -0.05) is 13.3 Å². The summed E-state index contributed by atoms with van der Waals surface area (Å²) in [4.78, 5) is 7.09. The van der Waals surface area contributed by atoms with E-state index in [2.05, 4.69) is 28.9 Å². The van der Waals surface area contributed by atoms with Crippen LogP contribution in [-0.4, -0.2) is 17.6 Å². The number of unbranched alkanes of at least 4 members (excludes halogenated alkanes) is 1. The monoisotopic (exact) mass is 255 g/mol. The van der Waals surface area contributed by atoms with Crippen LogP contribution in [0, 0.1) is 0 Å². The molecule has 2 N–H and O–H groups in total. The minimum absolute atomic E-state index is 0.709. The van der Waals surface area contributed by atoms with E-state index in [-0.39, 0.29) is 0 Å². The predicted octanol–water partition coefficient (Wildman–Crippen LogP) is 3.59. The molecule has 100 valence electrons. The molecule has 0 atom stereocenters. The van der Waals surface area contributed by atoms with Crippen LogP contribution in [0.2, 0.25) is 0 Å². The lowest BCUT2D eigenvalue weighted by molar-refractivity contribution is 0.714. The molecular formula is C16H21N3. The minimum Gasteiger partial charge on any atom is -0.398 e. The molecule has 1 aromatic carbocycles. The molecule has 1 aliphatic carbocycles. The maximum Gasteiger partial charge on any atom is 0.0956 e. The Labute approximate surface area is 114 Å². The average Bonchev–Trinajstić information content (AvgIpc) is 3.26. The molecule has 1 saturated carbocycles. The van der Waals surface area contributed by atoms with Crippen molar-refractivity contribution in [2.24, 2.45) is 0 Å². The van der Waals surface area contributed by atoms with Crippen LogP contribution < -0.4 is 10.6 Å². The maximum absolute atomic E-state index is 6.06. The highest BCUT2D eigenvalue weighted by atomic mass is 15.2. The van der Waals surface area contributed by atoms with Gasteiger partial charge >= 0.3 is 0 Å². The third-order valence-corrected chi connectivity index (χ3v) is 3.83. The van der Waals surface area contributed by atoms with Crippen molar-refractivity contribution in [2.75, 3.05) is 17.2 Å². The Morgan fingerprint density at radius 3 is 2.89 bits per heavy atom. The fourth-order valence-electron chi connectivity index (χ4n) is 2.63. The van der Waals surface area contributed by atoms with Gasteiger partial charge in [-0.05, 0) is 43.5 Å². The number of nitrogens with two attached hydrogens (primary N) is 1. The van der Waals surface area contributed by atoms with E-state index in [1.165, 1.54) is 31.4 Å². The summed E-state index contributed by atoms with van der Waals surface area (Å²) in [5.74, 6) is 0. The quantitative estimate of drug-likeness (QED) is 0.830. The number of hydrogen-bond donors (Lipinski definition) is 1. The molecule has 1 heterocycles. The van der Waals surface area contributed by atoms with Crippen LogP contribution >= 0.6 is 0 Å². The van der Waals surface area contributed by atoms with Crippen molar-refractivity contribution in [2.45, 2.75) is 38.6 Å². The summed E-state index contributed by atoms with van der Waals surface area (Å²) < 4.78 is 0. The largest absolute Gasteiger partial charge is 0.398 e. The molecule has 0 unspecified atom stereocenters. The van der Waals surface area contributed by atoms with E-state index in [9.17, 15) is 0 Å². The third kappa shape index (κ3) is 2.37. The van der Waals surface area contributed by atoms with Gasteiger partial charge in [0.05, 0.1) is 11.2 Å². The van der Waals surface area contributed by atoms with Crippen molar-refractivity contribution >= 4 is 22.3 Å². The molecular weight excluding hydrogens is 234 g/mol. The van der Waals surface area contributed by atoms with Gasteiger partial charge in [-0.3, -0.25) is 4.98 Å². The van der Waals surface area contributed by atoms with Gasteiger partial charge in [0.1, 0.15) is 0 Å². The van der Waals surface area contributed by atoms with Gasteiger partial charge in [0, 0.05) is 29.9 Å². The van der Waals surface area contributed by atoms with E-state index in [0.717, 1.165) is 23.1 Å². The summed E-state index contributed by atoms with van der Waals surface area (Å²) in [6.07, 6.45) is 6.93. The number of benzene rings is 1. The van der Waals surface area contributed by atoms with Gasteiger partial charge in [-0.2, -0.15) is 0 Å². The molecule has 0 amide bonds. The number of fused-ring (bicyclic) bond motifs is 1. The number of hydrogen-bond acceptors (Lipinski definition) is 3. The Morgan fingerprint density at radius 2 is 2.16 bits per heavy atom. The Balaban J connectivity index is 2.05. The molecule has 0 bridgehead atoms. The summed E-state index contributed by atoms with van der Waals surface area (Å²) in [6.45, 7) is 3.36. The maximum atomic E-state index is 6.06. The molecule has 0 radical (unpaired) electrons. The number of nitrogens with zero attached hydrogens (tertiary/aromatic N) is 2. The van der Waals surface area contributed by atoms with Crippen molar-refractivity contribution in [3.63, 3.8) is 0 Å². The molecule has 2 aromatic rings. The van der Waals surface area contributed by atoms with Crippen molar-refractivity contribution in [1.82, 2.24) is 4.98 Å². The summed E-state index contributed by atoms with van der Waals surface area (Å²) in [5.41, 5.74) is 9.17. The van der Waals surface area contributed by atoms with Crippen molar-refractivity contribution in [3.8, 4) is 0 Å². The van der Waals surface area contributed by atoms with E-state index >= 15 is 0 Å². The Hall–Kier alpha value is -1.77. The van der Waals surface area contributed by atoms with Gasteiger partial charge in [0.15, 0.2) is 0 Å².